The summed E-state index contributed by atoms with van der Waals surface area (Å²) in [5, 5.41) is 5.17. The van der Waals surface area contributed by atoms with Gasteiger partial charge in [-0.1, -0.05) is 0 Å². The Labute approximate surface area is 213 Å². The van der Waals surface area contributed by atoms with Crippen LogP contribution in [-0.2, 0) is 14.6 Å². The van der Waals surface area contributed by atoms with Crippen LogP contribution in [0, 0.1) is 6.92 Å². The van der Waals surface area contributed by atoms with Crippen LogP contribution in [0.3, 0.4) is 0 Å². The maximum atomic E-state index is 12.7. The fraction of sp³-hybridized carbons (Fsp3) is 0.417. The van der Waals surface area contributed by atoms with Crippen molar-refractivity contribution in [3.05, 3.63) is 52.3 Å². The summed E-state index contributed by atoms with van der Waals surface area (Å²) >= 11 is 0. The van der Waals surface area contributed by atoms with Gasteiger partial charge in [-0.3, -0.25) is 14.5 Å². The summed E-state index contributed by atoms with van der Waals surface area (Å²) in [5.41, 5.74) is 0.728. The average molecular weight is 532 g/mol. The predicted octanol–water partition coefficient (Wildman–Crippen LogP) is 1.68. The van der Waals surface area contributed by atoms with E-state index in [0.717, 1.165) is 0 Å². The average Bonchev–Trinajstić information content (AvgIpc) is 3.38. The third kappa shape index (κ3) is 6.00. The van der Waals surface area contributed by atoms with E-state index in [1.165, 1.54) is 18.6 Å². The first-order valence-electron chi connectivity index (χ1n) is 11.7. The highest BCUT2D eigenvalue weighted by molar-refractivity contribution is 7.91. The van der Waals surface area contributed by atoms with E-state index in [9.17, 15) is 22.8 Å². The molecule has 1 saturated heterocycles. The monoisotopic (exact) mass is 531 g/mol. The van der Waals surface area contributed by atoms with E-state index in [4.69, 9.17) is 8.83 Å². The summed E-state index contributed by atoms with van der Waals surface area (Å²) in [4.78, 5) is 45.2. The van der Waals surface area contributed by atoms with Gasteiger partial charge in [-0.2, -0.15) is 4.98 Å². The lowest BCUT2D eigenvalue weighted by molar-refractivity contribution is -0.133. The maximum Gasteiger partial charge on any atom is 0.348 e. The number of nitrogens with one attached hydrogen (secondary N) is 2. The fourth-order valence-electron chi connectivity index (χ4n) is 4.25. The van der Waals surface area contributed by atoms with Crippen LogP contribution in [0.15, 0.2) is 44.2 Å². The highest BCUT2D eigenvalue weighted by atomic mass is 32.2. The summed E-state index contributed by atoms with van der Waals surface area (Å²) in [6, 6.07) is 6.41. The summed E-state index contributed by atoms with van der Waals surface area (Å²) in [6.45, 7) is 3.11. The van der Waals surface area contributed by atoms with Crippen molar-refractivity contribution in [3.8, 4) is 0 Å². The molecule has 37 heavy (non-hydrogen) atoms. The van der Waals surface area contributed by atoms with Crippen LogP contribution < -0.4 is 16.3 Å². The zero-order chi connectivity index (χ0) is 26.7. The number of nitrogens with zero attached hydrogens (tertiary/aromatic N) is 3. The summed E-state index contributed by atoms with van der Waals surface area (Å²) in [6.07, 6.45) is 3.22. The number of hydrogen-bond donors (Lipinski definition) is 2. The van der Waals surface area contributed by atoms with Gasteiger partial charge in [0.15, 0.2) is 15.6 Å². The number of rotatable bonds is 8. The van der Waals surface area contributed by atoms with Gasteiger partial charge in [0.1, 0.15) is 5.37 Å². The lowest BCUT2D eigenvalue weighted by atomic mass is 10.1. The van der Waals surface area contributed by atoms with Crippen molar-refractivity contribution in [2.45, 2.75) is 25.1 Å². The van der Waals surface area contributed by atoms with Crippen LogP contribution in [0.2, 0.25) is 0 Å². The second-order valence-electron chi connectivity index (χ2n) is 9.01. The zero-order valence-corrected chi connectivity index (χ0v) is 21.6. The van der Waals surface area contributed by atoms with Crippen LogP contribution in [-0.4, -0.2) is 79.9 Å². The van der Waals surface area contributed by atoms with E-state index in [-0.39, 0.29) is 36.0 Å². The summed E-state index contributed by atoms with van der Waals surface area (Å²) < 4.78 is 34.4. The van der Waals surface area contributed by atoms with Crippen molar-refractivity contribution in [1.82, 2.24) is 14.8 Å². The molecule has 0 radical (unpaired) electrons. The number of sulfone groups is 1. The first-order valence-corrected chi connectivity index (χ1v) is 13.7. The van der Waals surface area contributed by atoms with Crippen LogP contribution in [0.5, 0.6) is 0 Å². The molecule has 2 amide bonds. The first-order chi connectivity index (χ1) is 17.5. The van der Waals surface area contributed by atoms with Gasteiger partial charge in [-0.15, -0.1) is 0 Å². The van der Waals surface area contributed by atoms with Gasteiger partial charge in [0.25, 0.3) is 11.9 Å². The molecule has 3 aromatic rings. The van der Waals surface area contributed by atoms with Crippen LogP contribution in [0.25, 0.3) is 10.9 Å². The number of piperazine rings is 1. The highest BCUT2D eigenvalue weighted by Crippen LogP contribution is 2.24. The molecule has 0 saturated carbocycles. The predicted molar refractivity (Wildman–Crippen MR) is 137 cm³/mol. The van der Waals surface area contributed by atoms with E-state index in [2.05, 4.69) is 15.6 Å². The van der Waals surface area contributed by atoms with Crippen molar-refractivity contribution in [3.63, 3.8) is 0 Å². The number of hydrogen-bond acceptors (Lipinski definition) is 10. The topological polar surface area (TPSA) is 155 Å². The Morgan fingerprint density at radius 3 is 2.70 bits per heavy atom. The standard InChI is InChI=1S/C24H29N5O7S/c1-15-16(26-22(31)18-6-5-13-35-18)8-9-17-21(15)23(32)36-24(27-17)25-10-4-7-19(30)29-12-11-28(2)20(14-29)37(3,33)34/h5-6,8-9,13,20H,4,7,10-12,14H2,1-3H3,(H,25,27)(H,26,31). The lowest BCUT2D eigenvalue weighted by Crippen LogP contribution is -2.55. The molecule has 2 aromatic heterocycles. The summed E-state index contributed by atoms with van der Waals surface area (Å²) in [7, 11) is -1.57. The minimum Gasteiger partial charge on any atom is -0.459 e. The van der Waals surface area contributed by atoms with Crippen LogP contribution >= 0.6 is 0 Å². The molecular formula is C24H29N5O7S. The number of benzene rings is 1. The SMILES string of the molecule is Cc1c(NC(=O)c2ccco2)ccc2nc(NCCCC(=O)N3CCN(C)C(S(C)(=O)=O)C3)oc(=O)c12. The molecule has 3 heterocycles. The molecule has 0 bridgehead atoms. The molecule has 1 unspecified atom stereocenters. The summed E-state index contributed by atoms with van der Waals surface area (Å²) in [5.74, 6) is -0.428. The molecule has 12 nitrogen and oxygen atoms in total. The van der Waals surface area contributed by atoms with Gasteiger partial charge in [0.05, 0.1) is 23.7 Å². The Hall–Kier alpha value is -3.71. The number of likely N-dealkylation sites (N-methyl/N-ethyl adjacent to an activating group) is 1. The van der Waals surface area contributed by atoms with Crippen molar-refractivity contribution >= 4 is 44.3 Å². The zero-order valence-electron chi connectivity index (χ0n) is 20.8. The second-order valence-corrected chi connectivity index (χ2v) is 11.2. The molecule has 1 aromatic carbocycles. The van der Waals surface area contributed by atoms with E-state index in [1.54, 1.807) is 42.0 Å². The maximum absolute atomic E-state index is 12.7. The number of amides is 2. The number of carbonyl (C=O) groups excluding carboxylic acids is 2. The van der Waals surface area contributed by atoms with Crippen molar-refractivity contribution < 1.29 is 26.8 Å². The number of anilines is 2. The molecule has 198 valence electrons. The van der Waals surface area contributed by atoms with Crippen molar-refractivity contribution in [1.29, 1.82) is 0 Å². The molecule has 13 heteroatoms. The van der Waals surface area contributed by atoms with Gasteiger partial charge >= 0.3 is 5.63 Å². The van der Waals surface area contributed by atoms with Crippen LogP contribution in [0.1, 0.15) is 29.0 Å². The molecule has 0 aliphatic carbocycles. The molecule has 1 atom stereocenters. The van der Waals surface area contributed by atoms with Crippen molar-refractivity contribution in [2.75, 3.05) is 50.1 Å². The molecule has 1 aliphatic rings. The Bertz CT molecular complexity index is 1470. The molecule has 1 aliphatic heterocycles. The third-order valence-electron chi connectivity index (χ3n) is 6.33. The van der Waals surface area contributed by atoms with Gasteiger partial charge in [0, 0.05) is 38.0 Å². The van der Waals surface area contributed by atoms with Gasteiger partial charge < -0.3 is 24.4 Å². The van der Waals surface area contributed by atoms with E-state index in [0.29, 0.717) is 42.8 Å². The Morgan fingerprint density at radius 1 is 1.22 bits per heavy atom. The quantitative estimate of drug-likeness (QED) is 0.410. The molecular weight excluding hydrogens is 502 g/mol. The number of aryl methyl sites for hydroxylation is 1. The van der Waals surface area contributed by atoms with E-state index >= 15 is 0 Å². The number of aromatic nitrogens is 1. The molecule has 4 rings (SSSR count). The third-order valence-corrected chi connectivity index (χ3v) is 7.83. The second kappa shape index (κ2) is 10.7. The Morgan fingerprint density at radius 2 is 2.00 bits per heavy atom. The molecule has 0 spiro atoms. The largest absolute Gasteiger partial charge is 0.459 e. The minimum absolute atomic E-state index is 0.0217. The van der Waals surface area contributed by atoms with Gasteiger partial charge in [0.2, 0.25) is 5.91 Å². The Balaban J connectivity index is 1.35. The van der Waals surface area contributed by atoms with Gasteiger partial charge in [-0.05, 0) is 50.2 Å². The fourth-order valence-corrected chi connectivity index (χ4v) is 5.46. The van der Waals surface area contributed by atoms with E-state index in [1.807, 2.05) is 0 Å². The lowest BCUT2D eigenvalue weighted by Gasteiger charge is -2.38. The minimum atomic E-state index is -3.30. The number of furan rings is 1. The van der Waals surface area contributed by atoms with E-state index < -0.39 is 26.7 Å². The number of carbonyl (C=O) groups is 2. The Kier molecular flexibility index (Phi) is 7.64. The highest BCUT2D eigenvalue weighted by Gasteiger charge is 2.33. The normalized spacial score (nSPS) is 16.6. The van der Waals surface area contributed by atoms with Gasteiger partial charge in [-0.25, -0.2) is 13.2 Å². The molecule has 1 fully saturated rings. The van der Waals surface area contributed by atoms with Crippen LogP contribution in [0.4, 0.5) is 11.7 Å². The first kappa shape index (κ1) is 26.4. The van der Waals surface area contributed by atoms with Crippen molar-refractivity contribution in [2.24, 2.45) is 0 Å². The number of fused-ring (bicyclic) bond motifs is 1. The smallest absolute Gasteiger partial charge is 0.348 e. The molecule has 2 N–H and O–H groups in total.